The van der Waals surface area contributed by atoms with E-state index in [1.165, 1.54) is 54.4 Å². The van der Waals surface area contributed by atoms with E-state index in [0.29, 0.717) is 0 Å². The fourth-order valence-electron chi connectivity index (χ4n) is 6.56. The summed E-state index contributed by atoms with van der Waals surface area (Å²) in [5, 5.41) is 7.70. The predicted molar refractivity (Wildman–Crippen MR) is 204 cm³/mol. The van der Waals surface area contributed by atoms with E-state index in [1.807, 2.05) is 24.5 Å². The van der Waals surface area contributed by atoms with Crippen molar-refractivity contribution in [2.24, 2.45) is 0 Å². The number of pyridine rings is 3. The molecule has 8 rings (SSSR count). The van der Waals surface area contributed by atoms with Crippen LogP contribution in [-0.2, 0) is 30.9 Å². The van der Waals surface area contributed by atoms with Gasteiger partial charge >= 0.3 is 0 Å². The maximum absolute atomic E-state index is 4.79. The molecule has 0 aliphatic carbocycles. The molecule has 4 heterocycles. The Balaban J connectivity index is 0.000000172. The minimum atomic E-state index is -1.45. The van der Waals surface area contributed by atoms with Crippen LogP contribution in [0.25, 0.3) is 60.3 Å². The molecule has 0 spiro atoms. The molecule has 0 N–H and O–H groups in total. The van der Waals surface area contributed by atoms with Crippen LogP contribution in [0.15, 0.2) is 97.3 Å². The van der Waals surface area contributed by atoms with Crippen LogP contribution >= 0.6 is 0 Å². The van der Waals surface area contributed by atoms with Gasteiger partial charge in [0, 0.05) is 43.5 Å². The van der Waals surface area contributed by atoms with Crippen molar-refractivity contribution in [3.63, 3.8) is 0 Å². The van der Waals surface area contributed by atoms with Crippen molar-refractivity contribution in [2.45, 2.75) is 72.0 Å². The van der Waals surface area contributed by atoms with Crippen molar-refractivity contribution in [3.05, 3.63) is 121 Å². The van der Waals surface area contributed by atoms with E-state index >= 15 is 0 Å². The van der Waals surface area contributed by atoms with Crippen LogP contribution in [0.2, 0.25) is 19.6 Å². The summed E-state index contributed by atoms with van der Waals surface area (Å²) in [6.45, 7) is 20.5. The van der Waals surface area contributed by atoms with Crippen LogP contribution in [0.3, 0.4) is 0 Å². The van der Waals surface area contributed by atoms with E-state index in [0.717, 1.165) is 22.2 Å². The van der Waals surface area contributed by atoms with Gasteiger partial charge in [-0.3, -0.25) is 0 Å². The van der Waals surface area contributed by atoms with Crippen LogP contribution in [0.1, 0.15) is 52.7 Å². The number of rotatable bonds is 2. The van der Waals surface area contributed by atoms with Gasteiger partial charge in [0.15, 0.2) is 0 Å². The van der Waals surface area contributed by atoms with Gasteiger partial charge in [0.1, 0.15) is 0 Å². The van der Waals surface area contributed by atoms with Gasteiger partial charge in [0.2, 0.25) is 0 Å². The summed E-state index contributed by atoms with van der Waals surface area (Å²) in [5.74, 6) is 0. The number of hydrogen-bond acceptors (Lipinski definition) is 2. The van der Waals surface area contributed by atoms with Gasteiger partial charge in [-0.1, -0.05) is 108 Å². The molecule has 0 unspecified atom stereocenters. The molecule has 8 aromatic rings. The van der Waals surface area contributed by atoms with Gasteiger partial charge in [-0.05, 0) is 67.5 Å². The molecule has 0 fully saturated rings. The molecule has 0 aliphatic heterocycles. The molecule has 0 amide bonds. The topological polar surface area (TPSA) is 30.2 Å². The second-order valence-corrected chi connectivity index (χ2v) is 21.0. The zero-order chi connectivity index (χ0) is 33.3. The first-order chi connectivity index (χ1) is 22.2. The molecule has 4 aromatic carbocycles. The molecule has 0 aliphatic rings. The first kappa shape index (κ1) is 34.0. The zero-order valence-corrected chi connectivity index (χ0v) is 32.8. The Bertz CT molecular complexity index is 2400. The molecule has 3 nitrogen and oxygen atoms in total. The molecule has 0 bridgehead atoms. The Hall–Kier alpha value is -3.89. The molecule has 5 heteroatoms. The molecule has 1 radical (unpaired) electrons. The fraction of sp³-hybridized carbons (Fsp3) is 0.256. The van der Waals surface area contributed by atoms with Crippen molar-refractivity contribution in [2.75, 3.05) is 0 Å². The van der Waals surface area contributed by atoms with Crippen LogP contribution < -0.4 is 5.19 Å². The Kier molecular flexibility index (Phi) is 8.65. The summed E-state index contributed by atoms with van der Waals surface area (Å²) in [5.41, 5.74) is 9.74. The van der Waals surface area contributed by atoms with E-state index in [-0.39, 0.29) is 30.9 Å². The summed E-state index contributed by atoms with van der Waals surface area (Å²) in [7, 11) is -1.45. The molecular formula is C43H43IrN3Si-2. The minimum absolute atomic E-state index is 0. The third-order valence-electron chi connectivity index (χ3n) is 9.39. The van der Waals surface area contributed by atoms with Crippen LogP contribution in [0.5, 0.6) is 0 Å². The quantitative estimate of drug-likeness (QED) is 0.0753. The number of fused-ring (bicyclic) bond motifs is 5. The largest absolute Gasteiger partial charge is 0.351 e. The maximum Gasteiger partial charge on any atom is 0.0777 e. The summed E-state index contributed by atoms with van der Waals surface area (Å²) >= 11 is 0. The summed E-state index contributed by atoms with van der Waals surface area (Å²) < 4.78 is 2.44. The van der Waals surface area contributed by atoms with E-state index in [9.17, 15) is 0 Å². The van der Waals surface area contributed by atoms with Crippen LogP contribution in [0, 0.1) is 12.1 Å². The van der Waals surface area contributed by atoms with Crippen LogP contribution in [0.4, 0.5) is 0 Å². The van der Waals surface area contributed by atoms with E-state index in [2.05, 4.69) is 155 Å². The molecule has 0 saturated carbocycles. The first-order valence-corrected chi connectivity index (χ1v) is 20.1. The Morgan fingerprint density at radius 3 is 2.10 bits per heavy atom. The van der Waals surface area contributed by atoms with Crippen LogP contribution in [-0.4, -0.2) is 22.4 Å². The Morgan fingerprint density at radius 2 is 1.42 bits per heavy atom. The molecule has 0 saturated heterocycles. The second-order valence-electron chi connectivity index (χ2n) is 15.9. The van der Waals surface area contributed by atoms with Gasteiger partial charge in [-0.25, -0.2) is 0 Å². The van der Waals surface area contributed by atoms with E-state index < -0.39 is 8.07 Å². The standard InChI is InChI=1S/C24H19N2Si.C19H24N.Ir/c1-27(2,3)16-13-15-11-12-25-23-19-9-6-8-18-17-7-4-5-10-20(17)26(24(18)19)21(14-16)22(15)23;1-18(2,3)15-9-7-8-14(12-15)17-11-10-16(13-20-17)19(4,5)6;/h4-8,10-14H,1-3H3;7,9-13H,1-6H3;/q2*-1;. The van der Waals surface area contributed by atoms with Gasteiger partial charge in [-0.15, -0.1) is 59.0 Å². The van der Waals surface area contributed by atoms with Gasteiger partial charge in [-0.2, -0.15) is 0 Å². The fourth-order valence-corrected chi connectivity index (χ4v) is 7.72. The predicted octanol–water partition coefficient (Wildman–Crippen LogP) is 10.9. The third-order valence-corrected chi connectivity index (χ3v) is 11.4. The molecule has 0 atom stereocenters. The number of hydrogen-bond donors (Lipinski definition) is 0. The third kappa shape index (κ3) is 5.98. The van der Waals surface area contributed by atoms with Crippen molar-refractivity contribution in [3.8, 4) is 11.3 Å². The number of benzene rings is 4. The number of nitrogens with zero attached hydrogens (tertiary/aromatic N) is 3. The number of para-hydroxylation sites is 1. The Labute approximate surface area is 299 Å². The van der Waals surface area contributed by atoms with Crippen molar-refractivity contribution >= 4 is 62.3 Å². The van der Waals surface area contributed by atoms with Gasteiger partial charge < -0.3 is 14.4 Å². The van der Waals surface area contributed by atoms with Crippen molar-refractivity contribution in [1.29, 1.82) is 0 Å². The first-order valence-electron chi connectivity index (χ1n) is 16.6. The van der Waals surface area contributed by atoms with E-state index in [4.69, 9.17) is 4.98 Å². The molecule has 245 valence electrons. The zero-order valence-electron chi connectivity index (χ0n) is 29.4. The molecule has 48 heavy (non-hydrogen) atoms. The smallest absolute Gasteiger partial charge is 0.0777 e. The monoisotopic (exact) mass is 822 g/mol. The van der Waals surface area contributed by atoms with Crippen molar-refractivity contribution < 1.29 is 20.1 Å². The van der Waals surface area contributed by atoms with Gasteiger partial charge in [0.25, 0.3) is 0 Å². The maximum atomic E-state index is 4.79. The average molecular weight is 822 g/mol. The minimum Gasteiger partial charge on any atom is -0.351 e. The summed E-state index contributed by atoms with van der Waals surface area (Å²) in [6.07, 6.45) is 3.92. The molecular weight excluding hydrogens is 779 g/mol. The Morgan fingerprint density at radius 1 is 0.688 bits per heavy atom. The molecule has 4 aromatic heterocycles. The average Bonchev–Trinajstić information content (AvgIpc) is 3.38. The van der Waals surface area contributed by atoms with E-state index in [1.54, 1.807) is 0 Å². The normalized spacial score (nSPS) is 12.5. The van der Waals surface area contributed by atoms with Crippen molar-refractivity contribution in [1.82, 2.24) is 14.4 Å². The summed E-state index contributed by atoms with van der Waals surface area (Å²) in [4.78, 5) is 9.40. The van der Waals surface area contributed by atoms with Gasteiger partial charge in [0.05, 0.1) is 8.07 Å². The SMILES string of the molecule is CC(C)(C)c1ccc(-c2[c-]ccc(C(C)(C)C)c2)nc1.C[Si](C)(C)c1cc2ccnc3c4[c-]ccc5c6ccccc6n(c(c1)c23)c45.[Ir]. The summed E-state index contributed by atoms with van der Waals surface area (Å²) in [6, 6.07) is 37.3. The second kappa shape index (κ2) is 12.2. The number of aromatic nitrogens is 3.